The maximum Gasteiger partial charge on any atom is 0.314 e. The summed E-state index contributed by atoms with van der Waals surface area (Å²) < 4.78 is 5.11. The lowest BCUT2D eigenvalue weighted by atomic mass is 9.98. The predicted octanol–water partition coefficient (Wildman–Crippen LogP) is 1.18. The van der Waals surface area contributed by atoms with Crippen molar-refractivity contribution in [1.29, 1.82) is 0 Å². The number of quaternary nitrogens is 1. The van der Waals surface area contributed by atoms with Gasteiger partial charge < -0.3 is 15.0 Å². The Hall–Kier alpha value is -1.88. The fourth-order valence-electron chi connectivity index (χ4n) is 2.99. The van der Waals surface area contributed by atoms with Crippen molar-refractivity contribution in [3.63, 3.8) is 0 Å². The summed E-state index contributed by atoms with van der Waals surface area (Å²) in [5.41, 5.74) is 2.00. The van der Waals surface area contributed by atoms with Crippen LogP contribution in [0.3, 0.4) is 0 Å². The third-order valence-corrected chi connectivity index (χ3v) is 4.28. The molecule has 0 saturated carbocycles. The van der Waals surface area contributed by atoms with Gasteiger partial charge in [0.05, 0.1) is 32.7 Å². The van der Waals surface area contributed by atoms with Crippen LogP contribution in [0, 0.1) is 12.8 Å². The van der Waals surface area contributed by atoms with E-state index in [1.807, 2.05) is 38.1 Å². The number of ether oxygens (including phenoxy) is 1. The molecule has 23 heavy (non-hydrogen) atoms. The molecule has 1 saturated heterocycles. The zero-order chi connectivity index (χ0) is 16.7. The minimum atomic E-state index is -0.0891. The molecular weight excluding hydrogens is 292 g/mol. The second-order valence-electron chi connectivity index (χ2n) is 6.21. The number of piperidine rings is 1. The standard InChI is InChI=1S/C18H26N2O3/c1-3-23-18(22)15-5-4-11-20(13-15)12-10-17(21)19-16-8-6-14(2)7-9-16/h6-9,15H,3-5,10-13H2,1-2H3,(H,19,21)/p+1. The van der Waals surface area contributed by atoms with E-state index < -0.39 is 0 Å². The summed E-state index contributed by atoms with van der Waals surface area (Å²) in [6, 6.07) is 7.79. The number of rotatable bonds is 6. The Bertz CT molecular complexity index is 528. The van der Waals surface area contributed by atoms with Gasteiger partial charge in [0.2, 0.25) is 5.91 Å². The molecule has 0 aromatic heterocycles. The van der Waals surface area contributed by atoms with Gasteiger partial charge in [-0.1, -0.05) is 17.7 Å². The van der Waals surface area contributed by atoms with Gasteiger partial charge in [-0.05, 0) is 38.8 Å². The number of anilines is 1. The smallest absolute Gasteiger partial charge is 0.314 e. The fourth-order valence-corrected chi connectivity index (χ4v) is 2.99. The van der Waals surface area contributed by atoms with E-state index in [9.17, 15) is 9.59 Å². The van der Waals surface area contributed by atoms with Crippen LogP contribution in [0.5, 0.6) is 0 Å². The molecule has 0 bridgehead atoms. The second kappa shape index (κ2) is 8.67. The van der Waals surface area contributed by atoms with E-state index >= 15 is 0 Å². The van der Waals surface area contributed by atoms with Crippen LogP contribution in [0.1, 0.15) is 31.7 Å². The number of hydrogen-bond donors (Lipinski definition) is 2. The number of esters is 1. The Morgan fingerprint density at radius 2 is 2.04 bits per heavy atom. The average molecular weight is 319 g/mol. The van der Waals surface area contributed by atoms with Crippen molar-refractivity contribution in [1.82, 2.24) is 0 Å². The first kappa shape index (κ1) is 17.5. The average Bonchev–Trinajstić information content (AvgIpc) is 2.56. The SMILES string of the molecule is CCOC(=O)C1CCC[NH+](CCC(=O)Nc2ccc(C)cc2)C1. The first-order chi connectivity index (χ1) is 11.1. The highest BCUT2D eigenvalue weighted by Crippen LogP contribution is 2.10. The summed E-state index contributed by atoms with van der Waals surface area (Å²) in [6.45, 7) is 6.84. The zero-order valence-corrected chi connectivity index (χ0v) is 14.1. The largest absolute Gasteiger partial charge is 0.466 e. The van der Waals surface area contributed by atoms with Gasteiger partial charge in [-0.25, -0.2) is 0 Å². The number of benzene rings is 1. The third kappa shape index (κ3) is 5.67. The van der Waals surface area contributed by atoms with E-state index in [2.05, 4.69) is 5.32 Å². The Morgan fingerprint density at radius 3 is 2.74 bits per heavy atom. The van der Waals surface area contributed by atoms with Gasteiger partial charge in [-0.15, -0.1) is 0 Å². The van der Waals surface area contributed by atoms with Crippen molar-refractivity contribution >= 4 is 17.6 Å². The summed E-state index contributed by atoms with van der Waals surface area (Å²) >= 11 is 0. The van der Waals surface area contributed by atoms with Crippen molar-refractivity contribution in [2.45, 2.75) is 33.1 Å². The minimum Gasteiger partial charge on any atom is -0.466 e. The number of carbonyl (C=O) groups excluding carboxylic acids is 2. The Morgan fingerprint density at radius 1 is 1.30 bits per heavy atom. The van der Waals surface area contributed by atoms with Crippen LogP contribution >= 0.6 is 0 Å². The van der Waals surface area contributed by atoms with Crippen LogP contribution in [-0.2, 0) is 14.3 Å². The van der Waals surface area contributed by atoms with Crippen LogP contribution in [0.2, 0.25) is 0 Å². The summed E-state index contributed by atoms with van der Waals surface area (Å²) in [6.07, 6.45) is 2.38. The zero-order valence-electron chi connectivity index (χ0n) is 14.1. The van der Waals surface area contributed by atoms with E-state index in [4.69, 9.17) is 4.74 Å². The lowest BCUT2D eigenvalue weighted by Gasteiger charge is -2.28. The number of amides is 1. The van der Waals surface area contributed by atoms with Crippen molar-refractivity contribution in [3.05, 3.63) is 29.8 Å². The number of carbonyl (C=O) groups is 2. The second-order valence-corrected chi connectivity index (χ2v) is 6.21. The molecule has 2 rings (SSSR count). The van der Waals surface area contributed by atoms with E-state index in [0.717, 1.165) is 38.2 Å². The highest BCUT2D eigenvalue weighted by Gasteiger charge is 2.29. The van der Waals surface area contributed by atoms with Crippen LogP contribution in [0.15, 0.2) is 24.3 Å². The highest BCUT2D eigenvalue weighted by atomic mass is 16.5. The van der Waals surface area contributed by atoms with Crippen molar-refractivity contribution < 1.29 is 19.2 Å². The molecule has 1 amide bonds. The minimum absolute atomic E-state index is 0.0149. The number of aryl methyl sites for hydroxylation is 1. The fraction of sp³-hybridized carbons (Fsp3) is 0.556. The number of hydrogen-bond acceptors (Lipinski definition) is 3. The molecule has 1 aromatic rings. The first-order valence-electron chi connectivity index (χ1n) is 8.45. The monoisotopic (exact) mass is 319 g/mol. The molecule has 126 valence electrons. The van der Waals surface area contributed by atoms with Crippen molar-refractivity contribution in [2.75, 3.05) is 31.6 Å². The molecule has 1 fully saturated rings. The summed E-state index contributed by atoms with van der Waals surface area (Å²) in [5.74, 6) is -0.0766. The molecule has 5 heteroatoms. The molecule has 1 aliphatic heterocycles. The Balaban J connectivity index is 1.75. The first-order valence-corrected chi connectivity index (χ1v) is 8.45. The highest BCUT2D eigenvalue weighted by molar-refractivity contribution is 5.90. The topological polar surface area (TPSA) is 59.8 Å². The van der Waals surface area contributed by atoms with Crippen LogP contribution in [0.4, 0.5) is 5.69 Å². The third-order valence-electron chi connectivity index (χ3n) is 4.28. The Kier molecular flexibility index (Phi) is 6.59. The molecule has 0 radical (unpaired) electrons. The van der Waals surface area contributed by atoms with Crippen LogP contribution in [0.25, 0.3) is 0 Å². The van der Waals surface area contributed by atoms with Gasteiger partial charge >= 0.3 is 5.97 Å². The van der Waals surface area contributed by atoms with Gasteiger partial charge in [0.25, 0.3) is 0 Å². The maximum absolute atomic E-state index is 12.0. The lowest BCUT2D eigenvalue weighted by Crippen LogP contribution is -3.13. The number of nitrogens with one attached hydrogen (secondary N) is 2. The summed E-state index contributed by atoms with van der Waals surface area (Å²) in [4.78, 5) is 25.2. The van der Waals surface area contributed by atoms with Gasteiger partial charge in [-0.3, -0.25) is 9.59 Å². The molecular formula is C18H27N2O3+. The van der Waals surface area contributed by atoms with E-state index in [-0.39, 0.29) is 17.8 Å². The Labute approximate surface area is 138 Å². The van der Waals surface area contributed by atoms with Crippen molar-refractivity contribution in [2.24, 2.45) is 5.92 Å². The molecule has 0 aliphatic carbocycles. The summed E-state index contributed by atoms with van der Waals surface area (Å²) in [5, 5.41) is 2.92. The van der Waals surface area contributed by atoms with E-state index in [0.29, 0.717) is 13.0 Å². The lowest BCUT2D eigenvalue weighted by molar-refractivity contribution is -0.906. The van der Waals surface area contributed by atoms with Gasteiger partial charge in [0.15, 0.2) is 0 Å². The molecule has 2 atom stereocenters. The molecule has 1 heterocycles. The predicted molar refractivity (Wildman–Crippen MR) is 89.3 cm³/mol. The molecule has 5 nitrogen and oxygen atoms in total. The summed E-state index contributed by atoms with van der Waals surface area (Å²) in [7, 11) is 0. The molecule has 2 unspecified atom stereocenters. The van der Waals surface area contributed by atoms with E-state index in [1.165, 1.54) is 10.5 Å². The molecule has 1 aliphatic rings. The van der Waals surface area contributed by atoms with Gasteiger partial charge in [0.1, 0.15) is 5.92 Å². The maximum atomic E-state index is 12.0. The van der Waals surface area contributed by atoms with Crippen LogP contribution < -0.4 is 10.2 Å². The van der Waals surface area contributed by atoms with Gasteiger partial charge in [-0.2, -0.15) is 0 Å². The van der Waals surface area contributed by atoms with E-state index in [1.54, 1.807) is 0 Å². The normalized spacial score (nSPS) is 20.8. The molecule has 0 spiro atoms. The number of likely N-dealkylation sites (tertiary alicyclic amines) is 1. The molecule has 1 aromatic carbocycles. The molecule has 2 N–H and O–H groups in total. The van der Waals surface area contributed by atoms with Crippen LogP contribution in [-0.4, -0.2) is 38.1 Å². The quantitative estimate of drug-likeness (QED) is 0.774. The van der Waals surface area contributed by atoms with Gasteiger partial charge in [0, 0.05) is 5.69 Å². The van der Waals surface area contributed by atoms with Crippen molar-refractivity contribution in [3.8, 4) is 0 Å².